The van der Waals surface area contributed by atoms with E-state index >= 15 is 0 Å². The molecule has 106 valence electrons. The van der Waals surface area contributed by atoms with Crippen molar-refractivity contribution in [2.45, 2.75) is 19.4 Å². The molecule has 0 amide bonds. The molecule has 2 aromatic rings. The molecule has 2 rings (SSSR count). The summed E-state index contributed by atoms with van der Waals surface area (Å²) < 4.78 is 12.0. The van der Waals surface area contributed by atoms with Gasteiger partial charge in [0.05, 0.1) is 24.0 Å². The van der Waals surface area contributed by atoms with Crippen LogP contribution in [0.4, 0.5) is 0 Å². The number of rotatable bonds is 6. The normalized spacial score (nSPS) is 12.1. The number of nitrogens with zero attached hydrogens (tertiary/aromatic N) is 2. The molecule has 0 aliphatic heterocycles. The molecule has 1 atom stereocenters. The van der Waals surface area contributed by atoms with Crippen LogP contribution in [0.25, 0.3) is 5.69 Å². The van der Waals surface area contributed by atoms with Crippen molar-refractivity contribution in [3.8, 4) is 5.69 Å². The Kier molecular flexibility index (Phi) is 4.90. The first-order chi connectivity index (χ1) is 9.70. The Hall–Kier alpha value is -2.14. The molecule has 5 nitrogen and oxygen atoms in total. The number of ether oxygens (including phenoxy) is 2. The fourth-order valence-electron chi connectivity index (χ4n) is 1.72. The van der Waals surface area contributed by atoms with Crippen LogP contribution in [0.1, 0.15) is 23.7 Å². The zero-order valence-corrected chi connectivity index (χ0v) is 11.7. The van der Waals surface area contributed by atoms with Gasteiger partial charge < -0.3 is 9.47 Å². The minimum absolute atomic E-state index is 0.0817. The molecule has 0 bridgehead atoms. The summed E-state index contributed by atoms with van der Waals surface area (Å²) in [5, 5.41) is 4.13. The number of hydrogen-bond acceptors (Lipinski definition) is 4. The molecule has 0 saturated carbocycles. The largest absolute Gasteiger partial charge is 0.462 e. The Morgan fingerprint density at radius 3 is 2.95 bits per heavy atom. The Labute approximate surface area is 118 Å². The average molecular weight is 274 g/mol. The van der Waals surface area contributed by atoms with E-state index in [9.17, 15) is 4.79 Å². The second-order valence-corrected chi connectivity index (χ2v) is 4.47. The summed E-state index contributed by atoms with van der Waals surface area (Å²) >= 11 is 0. The number of benzene rings is 1. The molecule has 0 radical (unpaired) electrons. The summed E-state index contributed by atoms with van der Waals surface area (Å²) in [5.74, 6) is -0.331. The number of aromatic nitrogens is 2. The highest BCUT2D eigenvalue weighted by atomic mass is 16.5. The summed E-state index contributed by atoms with van der Waals surface area (Å²) in [7, 11) is 1.64. The van der Waals surface area contributed by atoms with E-state index in [4.69, 9.17) is 9.47 Å². The van der Waals surface area contributed by atoms with Gasteiger partial charge in [-0.1, -0.05) is 6.07 Å². The van der Waals surface area contributed by atoms with Crippen molar-refractivity contribution in [3.63, 3.8) is 0 Å². The van der Waals surface area contributed by atoms with Crippen LogP contribution in [0, 0.1) is 0 Å². The average Bonchev–Trinajstić information content (AvgIpc) is 3.01. The molecular weight excluding hydrogens is 256 g/mol. The van der Waals surface area contributed by atoms with Crippen LogP contribution in [0.5, 0.6) is 0 Å². The summed E-state index contributed by atoms with van der Waals surface area (Å²) in [6, 6.07) is 9.02. The van der Waals surface area contributed by atoms with Crippen molar-refractivity contribution in [2.75, 3.05) is 13.7 Å². The second-order valence-electron chi connectivity index (χ2n) is 4.47. The second kappa shape index (κ2) is 6.86. The molecule has 0 spiro atoms. The number of methoxy groups -OCH3 is 1. The van der Waals surface area contributed by atoms with Gasteiger partial charge in [-0.25, -0.2) is 9.48 Å². The van der Waals surface area contributed by atoms with Crippen LogP contribution in [-0.4, -0.2) is 35.6 Å². The van der Waals surface area contributed by atoms with Gasteiger partial charge in [-0.2, -0.15) is 5.10 Å². The van der Waals surface area contributed by atoms with Gasteiger partial charge in [0, 0.05) is 25.9 Å². The third-order valence-electron chi connectivity index (χ3n) is 3.01. The molecule has 0 saturated heterocycles. The van der Waals surface area contributed by atoms with Crippen LogP contribution in [0.15, 0.2) is 42.7 Å². The monoisotopic (exact) mass is 274 g/mol. The maximum absolute atomic E-state index is 11.9. The highest BCUT2D eigenvalue weighted by Gasteiger charge is 2.09. The molecule has 0 N–H and O–H groups in total. The fraction of sp³-hybridized carbons (Fsp3) is 0.333. The van der Waals surface area contributed by atoms with Gasteiger partial charge in [-0.05, 0) is 31.2 Å². The third kappa shape index (κ3) is 3.68. The first-order valence-electron chi connectivity index (χ1n) is 6.50. The number of carbonyl (C=O) groups is 1. The highest BCUT2D eigenvalue weighted by Crippen LogP contribution is 2.11. The van der Waals surface area contributed by atoms with E-state index in [1.54, 1.807) is 30.1 Å². The Bertz CT molecular complexity index is 552. The topological polar surface area (TPSA) is 53.4 Å². The van der Waals surface area contributed by atoms with Gasteiger partial charge in [0.15, 0.2) is 0 Å². The summed E-state index contributed by atoms with van der Waals surface area (Å²) in [4.78, 5) is 11.9. The van der Waals surface area contributed by atoms with E-state index < -0.39 is 0 Å². The molecule has 0 fully saturated rings. The molecule has 20 heavy (non-hydrogen) atoms. The molecule has 5 heteroatoms. The highest BCUT2D eigenvalue weighted by molar-refractivity contribution is 5.90. The summed E-state index contributed by atoms with van der Waals surface area (Å²) in [5.41, 5.74) is 1.35. The lowest BCUT2D eigenvalue weighted by Gasteiger charge is -2.10. The Balaban J connectivity index is 1.98. The van der Waals surface area contributed by atoms with Crippen LogP contribution >= 0.6 is 0 Å². The molecule has 0 aliphatic carbocycles. The third-order valence-corrected chi connectivity index (χ3v) is 3.01. The first-order valence-corrected chi connectivity index (χ1v) is 6.50. The van der Waals surface area contributed by atoms with Gasteiger partial charge in [-0.15, -0.1) is 0 Å². The van der Waals surface area contributed by atoms with E-state index in [-0.39, 0.29) is 12.1 Å². The van der Waals surface area contributed by atoms with Crippen molar-refractivity contribution >= 4 is 5.97 Å². The lowest BCUT2D eigenvalue weighted by atomic mass is 10.2. The van der Waals surface area contributed by atoms with E-state index in [1.807, 2.05) is 31.3 Å². The van der Waals surface area contributed by atoms with Gasteiger partial charge in [0.1, 0.15) is 0 Å². The first kappa shape index (κ1) is 14.3. The van der Waals surface area contributed by atoms with Gasteiger partial charge in [0.25, 0.3) is 0 Å². The fourth-order valence-corrected chi connectivity index (χ4v) is 1.72. The maximum Gasteiger partial charge on any atom is 0.338 e. The zero-order valence-electron chi connectivity index (χ0n) is 11.7. The maximum atomic E-state index is 11.9. The van der Waals surface area contributed by atoms with Crippen molar-refractivity contribution in [2.24, 2.45) is 0 Å². The van der Waals surface area contributed by atoms with Crippen LogP contribution in [0.2, 0.25) is 0 Å². The lowest BCUT2D eigenvalue weighted by Crippen LogP contribution is -2.13. The lowest BCUT2D eigenvalue weighted by molar-refractivity contribution is 0.0391. The predicted octanol–water partition coefficient (Wildman–Crippen LogP) is 2.45. The van der Waals surface area contributed by atoms with Gasteiger partial charge >= 0.3 is 5.97 Å². The van der Waals surface area contributed by atoms with Crippen molar-refractivity contribution in [1.29, 1.82) is 0 Å². The SMILES string of the molecule is CO[C@H](C)CCOC(=O)c1cccc(-n2cccn2)c1. The van der Waals surface area contributed by atoms with E-state index in [2.05, 4.69) is 5.10 Å². The summed E-state index contributed by atoms with van der Waals surface area (Å²) in [6.07, 6.45) is 4.28. The van der Waals surface area contributed by atoms with Crippen molar-refractivity contribution < 1.29 is 14.3 Å². The number of hydrogen-bond donors (Lipinski definition) is 0. The van der Waals surface area contributed by atoms with Crippen LogP contribution in [0.3, 0.4) is 0 Å². The summed E-state index contributed by atoms with van der Waals surface area (Å²) in [6.45, 7) is 2.28. The molecule has 1 aromatic carbocycles. The standard InChI is InChI=1S/C15H18N2O3/c1-12(19-2)7-10-20-15(18)13-5-3-6-14(11-13)17-9-4-8-16-17/h3-6,8-9,11-12H,7,10H2,1-2H3/t12-/m1/s1. The minimum Gasteiger partial charge on any atom is -0.462 e. The predicted molar refractivity (Wildman–Crippen MR) is 74.9 cm³/mol. The minimum atomic E-state index is -0.331. The molecule has 1 aromatic heterocycles. The van der Waals surface area contributed by atoms with E-state index in [1.165, 1.54) is 0 Å². The number of carbonyl (C=O) groups excluding carboxylic acids is 1. The van der Waals surface area contributed by atoms with E-state index in [0.717, 1.165) is 5.69 Å². The van der Waals surface area contributed by atoms with Crippen molar-refractivity contribution in [1.82, 2.24) is 9.78 Å². The molecule has 0 unspecified atom stereocenters. The Morgan fingerprint density at radius 2 is 2.25 bits per heavy atom. The number of esters is 1. The van der Waals surface area contributed by atoms with E-state index in [0.29, 0.717) is 18.6 Å². The van der Waals surface area contributed by atoms with Gasteiger partial charge in [-0.3, -0.25) is 0 Å². The van der Waals surface area contributed by atoms with Gasteiger partial charge in [0.2, 0.25) is 0 Å². The Morgan fingerprint density at radius 1 is 1.40 bits per heavy atom. The molecule has 1 heterocycles. The zero-order chi connectivity index (χ0) is 14.4. The quantitative estimate of drug-likeness (QED) is 0.759. The van der Waals surface area contributed by atoms with Crippen LogP contribution < -0.4 is 0 Å². The molecular formula is C15H18N2O3. The molecule has 0 aliphatic rings. The van der Waals surface area contributed by atoms with Crippen molar-refractivity contribution in [3.05, 3.63) is 48.3 Å². The van der Waals surface area contributed by atoms with Crippen LogP contribution in [-0.2, 0) is 9.47 Å². The smallest absolute Gasteiger partial charge is 0.338 e.